The number of aromatic nitrogens is 7. The third-order valence-corrected chi connectivity index (χ3v) is 11.5. The van der Waals surface area contributed by atoms with Crippen LogP contribution in [0.3, 0.4) is 0 Å². The van der Waals surface area contributed by atoms with Crippen LogP contribution < -0.4 is 13.7 Å². The third kappa shape index (κ3) is 3.87. The molecule has 7 aromatic rings. The number of para-hydroxylation sites is 1. The number of halogens is 3. The normalized spacial score (nSPS) is 21.2. The highest BCUT2D eigenvalue weighted by atomic mass is 19.4. The quantitative estimate of drug-likeness (QED) is 0.185. The summed E-state index contributed by atoms with van der Waals surface area (Å²) in [5.41, 5.74) is 5.87. The van der Waals surface area contributed by atoms with Gasteiger partial charge in [-0.3, -0.25) is 0 Å². The smallest absolute Gasteiger partial charge is 0.456 e. The Kier molecular flexibility index (Phi) is 6.20. The van der Waals surface area contributed by atoms with Crippen LogP contribution in [0, 0.1) is 0 Å². The number of hydrogen-bond donors (Lipinski definition) is 0. The molecule has 0 spiro atoms. The molecule has 0 saturated heterocycles. The van der Waals surface area contributed by atoms with E-state index in [1.165, 1.54) is 11.6 Å². The molecule has 0 N–H and O–H groups in total. The minimum absolute atomic E-state index is 0.124. The lowest BCUT2D eigenvalue weighted by atomic mass is 9.69. The fraction of sp³-hybridized carbons (Fsp3) is 0.316. The zero-order valence-corrected chi connectivity index (χ0v) is 27.7. The molecule has 49 heavy (non-hydrogen) atoms. The Morgan fingerprint density at radius 3 is 2.49 bits per heavy atom. The van der Waals surface area contributed by atoms with Crippen molar-refractivity contribution in [3.63, 3.8) is 0 Å². The summed E-state index contributed by atoms with van der Waals surface area (Å²) in [6, 6.07) is 22.3. The van der Waals surface area contributed by atoms with E-state index in [-0.39, 0.29) is 6.04 Å². The van der Waals surface area contributed by atoms with Crippen LogP contribution in [0.4, 0.5) is 13.2 Å². The summed E-state index contributed by atoms with van der Waals surface area (Å²) in [6.45, 7) is 6.26. The van der Waals surface area contributed by atoms with Crippen molar-refractivity contribution in [2.45, 2.75) is 69.8 Å². The van der Waals surface area contributed by atoms with Gasteiger partial charge in [-0.05, 0) is 61.1 Å². The van der Waals surface area contributed by atoms with Crippen molar-refractivity contribution in [2.75, 3.05) is 0 Å². The van der Waals surface area contributed by atoms with Crippen molar-refractivity contribution in [1.29, 1.82) is 0 Å². The molecule has 0 radical (unpaired) electrons. The molecule has 0 aliphatic carbocycles. The highest BCUT2D eigenvalue weighted by molar-refractivity contribution is 6.06. The molecule has 2 aromatic carbocycles. The number of furan rings is 1. The summed E-state index contributed by atoms with van der Waals surface area (Å²) < 4.78 is 56.8. The van der Waals surface area contributed by atoms with Gasteiger partial charge >= 0.3 is 23.5 Å². The van der Waals surface area contributed by atoms with Gasteiger partial charge in [-0.25, -0.2) is 14.1 Å². The van der Waals surface area contributed by atoms with E-state index in [9.17, 15) is 13.2 Å². The van der Waals surface area contributed by atoms with Gasteiger partial charge in [0.25, 0.3) is 5.69 Å². The van der Waals surface area contributed by atoms with Crippen molar-refractivity contribution in [3.8, 4) is 22.8 Å². The van der Waals surface area contributed by atoms with Crippen LogP contribution in [0.15, 0.2) is 89.7 Å². The highest BCUT2D eigenvalue weighted by Gasteiger charge is 2.66. The highest BCUT2D eigenvalue weighted by Crippen LogP contribution is 2.49. The van der Waals surface area contributed by atoms with Gasteiger partial charge in [0.05, 0.1) is 18.3 Å². The molecule has 9 rings (SSSR count). The zero-order valence-electron chi connectivity index (χ0n) is 27.7. The second kappa shape index (κ2) is 10.2. The molecule has 3 atom stereocenters. The Morgan fingerprint density at radius 1 is 0.898 bits per heavy atom. The molecule has 5 aromatic heterocycles. The van der Waals surface area contributed by atoms with Crippen molar-refractivity contribution in [3.05, 3.63) is 96.7 Å². The maximum Gasteiger partial charge on any atom is 0.485 e. The van der Waals surface area contributed by atoms with Crippen LogP contribution in [0.5, 0.6) is 0 Å². The Morgan fingerprint density at radius 2 is 1.69 bits per heavy atom. The van der Waals surface area contributed by atoms with Crippen LogP contribution in [-0.4, -0.2) is 19.7 Å². The van der Waals surface area contributed by atoms with E-state index < -0.39 is 23.1 Å². The van der Waals surface area contributed by atoms with Gasteiger partial charge in [0.15, 0.2) is 23.4 Å². The maximum atomic E-state index is 14.4. The van der Waals surface area contributed by atoms with Crippen LogP contribution in [0.25, 0.3) is 55.9 Å². The van der Waals surface area contributed by atoms with E-state index >= 15 is 0 Å². The summed E-state index contributed by atoms with van der Waals surface area (Å²) in [5, 5.41) is 6.46. The monoisotopic (exact) mass is 662 g/mol. The molecule has 2 aliphatic heterocycles. The molecular formula is C38H35F3N7O+3. The van der Waals surface area contributed by atoms with E-state index in [0.29, 0.717) is 37.2 Å². The second-order valence-corrected chi connectivity index (χ2v) is 13.5. The molecule has 0 saturated carbocycles. The number of alkyl halides is 3. The molecule has 8 nitrogen and oxygen atoms in total. The largest absolute Gasteiger partial charge is 0.485 e. The fourth-order valence-electron chi connectivity index (χ4n) is 8.99. The molecule has 11 heteroatoms. The average Bonchev–Trinajstić information content (AvgIpc) is 3.76. The predicted molar refractivity (Wildman–Crippen MR) is 176 cm³/mol. The van der Waals surface area contributed by atoms with Crippen LogP contribution in [-0.2, 0) is 24.3 Å². The van der Waals surface area contributed by atoms with Crippen molar-refractivity contribution < 1.29 is 31.3 Å². The molecule has 0 fully saturated rings. The summed E-state index contributed by atoms with van der Waals surface area (Å²) in [7, 11) is 1.46. The zero-order chi connectivity index (χ0) is 33.9. The van der Waals surface area contributed by atoms with E-state index in [1.54, 1.807) is 17.1 Å². The van der Waals surface area contributed by atoms with Gasteiger partial charge < -0.3 is 4.42 Å². The Hall–Kier alpha value is -5.19. The number of fused-ring (bicyclic) bond motifs is 11. The van der Waals surface area contributed by atoms with Crippen LogP contribution in [0.2, 0.25) is 0 Å². The minimum atomic E-state index is -4.60. The topological polar surface area (TPSA) is 68.4 Å². The molecular weight excluding hydrogens is 627 g/mol. The van der Waals surface area contributed by atoms with Crippen LogP contribution >= 0.6 is 0 Å². The van der Waals surface area contributed by atoms with Crippen molar-refractivity contribution in [1.82, 2.24) is 19.7 Å². The summed E-state index contributed by atoms with van der Waals surface area (Å²) in [6.07, 6.45) is 3.46. The number of pyridine rings is 2. The molecule has 246 valence electrons. The minimum Gasteiger partial charge on any atom is -0.456 e. The predicted octanol–water partition coefficient (Wildman–Crippen LogP) is 7.11. The lowest BCUT2D eigenvalue weighted by Crippen LogP contribution is -2.72. The molecule has 0 bridgehead atoms. The summed E-state index contributed by atoms with van der Waals surface area (Å²) in [5.74, 6) is -0.459. The fourth-order valence-corrected chi connectivity index (χ4v) is 8.99. The number of rotatable bonds is 5. The van der Waals surface area contributed by atoms with E-state index in [0.717, 1.165) is 49.9 Å². The molecule has 0 amide bonds. The summed E-state index contributed by atoms with van der Waals surface area (Å²) >= 11 is 0. The lowest BCUT2D eigenvalue weighted by molar-refractivity contribution is -0.785. The maximum absolute atomic E-state index is 14.4. The van der Waals surface area contributed by atoms with Gasteiger partial charge in [-0.2, -0.15) is 17.7 Å². The number of hydrogen-bond acceptors (Lipinski definition) is 4. The van der Waals surface area contributed by atoms with Crippen molar-refractivity contribution >= 4 is 33.1 Å². The van der Waals surface area contributed by atoms with Gasteiger partial charge in [0.2, 0.25) is 5.54 Å². The Balaban J connectivity index is 1.25. The van der Waals surface area contributed by atoms with E-state index in [1.807, 2.05) is 55.6 Å². The first-order chi connectivity index (χ1) is 23.6. The Labute approximate surface area is 280 Å². The number of nitrogens with zero attached hydrogens (tertiary/aromatic N) is 7. The first-order valence-electron chi connectivity index (χ1n) is 16.8. The van der Waals surface area contributed by atoms with Gasteiger partial charge in [0, 0.05) is 46.9 Å². The SMILES string of the molecule is CCC1(C)n2nc(C(F)(F)F)[n+](C)c2-c2cccc[n+]2C1(CC)CCC1c2cc3oc4ccccc4c3cc2-c2ccc3nccnc3[n+]21. The molecule has 2 aliphatic rings. The van der Waals surface area contributed by atoms with Crippen LogP contribution in [0.1, 0.15) is 63.9 Å². The first-order valence-corrected chi connectivity index (χ1v) is 16.8. The molecule has 3 unspecified atom stereocenters. The van der Waals surface area contributed by atoms with Gasteiger partial charge in [-0.15, -0.1) is 0 Å². The first kappa shape index (κ1) is 29.9. The lowest BCUT2D eigenvalue weighted by Gasteiger charge is -2.43. The Bertz CT molecular complexity index is 2480. The second-order valence-electron chi connectivity index (χ2n) is 13.5. The van der Waals surface area contributed by atoms with E-state index in [4.69, 9.17) is 9.40 Å². The summed E-state index contributed by atoms with van der Waals surface area (Å²) in [4.78, 5) is 9.45. The van der Waals surface area contributed by atoms with Gasteiger partial charge in [-0.1, -0.05) is 36.7 Å². The van der Waals surface area contributed by atoms with E-state index in [2.05, 4.69) is 57.3 Å². The number of benzene rings is 2. The molecule has 7 heterocycles. The van der Waals surface area contributed by atoms with Gasteiger partial charge in [0.1, 0.15) is 22.9 Å². The standard InChI is InChI=1S/C38H35F3N7O/c1-5-36(3)37(6-2,46-20-10-9-12-30(46)34-45(4)35(38(39,40)41)44-48(34)36)17-16-29-25-22-32-26(23-11-7-8-13-31(23)49-32)21-24(25)28-15-14-27-33(47(28)29)43-19-18-42-27/h7-15,18-22,29H,5-6,16-17H2,1-4H3/q+3. The van der Waals surface area contributed by atoms with Crippen molar-refractivity contribution in [2.24, 2.45) is 7.05 Å². The average molecular weight is 663 g/mol. The third-order valence-electron chi connectivity index (χ3n) is 11.5.